The molecule has 6 atom stereocenters. The second-order valence-electron chi connectivity index (χ2n) is 19.7. The Bertz CT molecular complexity index is 1370. The van der Waals surface area contributed by atoms with E-state index in [-0.39, 0.29) is 18.2 Å². The Morgan fingerprint density at radius 3 is 1.44 bits per heavy atom. The van der Waals surface area contributed by atoms with Crippen LogP contribution < -0.4 is 10.6 Å². The Hall–Kier alpha value is -3.52. The van der Waals surface area contributed by atoms with Gasteiger partial charge in [0.25, 0.3) is 0 Å². The largest absolute Gasteiger partial charge is 0.509 e. The van der Waals surface area contributed by atoms with Crippen molar-refractivity contribution in [2.75, 3.05) is 0 Å². The lowest BCUT2D eigenvalue weighted by atomic mass is 9.91. The summed E-state index contributed by atoms with van der Waals surface area (Å²) in [4.78, 5) is 51.2. The summed E-state index contributed by atoms with van der Waals surface area (Å²) in [5, 5.41) is 5.69. The van der Waals surface area contributed by atoms with Gasteiger partial charge >= 0.3 is 24.5 Å². The number of hydrogen-bond acceptors (Lipinski definition) is 12. The number of carbonyl (C=O) groups is 4. The Labute approximate surface area is 341 Å². The summed E-state index contributed by atoms with van der Waals surface area (Å²) >= 11 is 0. The first kappa shape index (κ1) is 49.6. The summed E-state index contributed by atoms with van der Waals surface area (Å²) < 4.78 is 46.5. The molecule has 0 aliphatic heterocycles. The number of nitrogens with one attached hydrogen (secondary N) is 2. The van der Waals surface area contributed by atoms with Crippen molar-refractivity contribution >= 4 is 24.5 Å². The molecule has 2 aliphatic rings. The molecular weight excluding hydrogens is 736 g/mol. The van der Waals surface area contributed by atoms with E-state index in [1.807, 2.05) is 69.2 Å². The van der Waals surface area contributed by atoms with Crippen molar-refractivity contribution in [2.24, 2.45) is 0 Å². The van der Waals surface area contributed by atoms with Gasteiger partial charge in [0.05, 0.1) is 23.4 Å². The van der Waals surface area contributed by atoms with Crippen molar-refractivity contribution < 1.29 is 57.1 Å². The fraction of sp³-hybridized carbons (Fsp3) is 0.814. The average molecular weight is 811 g/mol. The van der Waals surface area contributed by atoms with Crippen LogP contribution in [0, 0.1) is 0 Å². The predicted octanol–water partition coefficient (Wildman–Crippen LogP) is 9.61. The summed E-state index contributed by atoms with van der Waals surface area (Å²) in [6, 6.07) is -0.0787. The molecule has 328 valence electrons. The topological polar surface area (TPSA) is 166 Å². The van der Waals surface area contributed by atoms with Crippen LogP contribution in [0.1, 0.15) is 155 Å². The summed E-state index contributed by atoms with van der Waals surface area (Å²) in [6.45, 7) is 28.1. The number of carbonyl (C=O) groups excluding carboxylic acids is 4. The van der Waals surface area contributed by atoms with E-state index in [0.717, 1.165) is 0 Å². The number of rotatable bonds is 12. The van der Waals surface area contributed by atoms with Crippen LogP contribution in [0.5, 0.6) is 0 Å². The molecule has 2 aliphatic carbocycles. The van der Waals surface area contributed by atoms with E-state index in [0.29, 0.717) is 51.4 Å². The average Bonchev–Trinajstić information content (AvgIpc) is 2.97. The van der Waals surface area contributed by atoms with Crippen molar-refractivity contribution in [3.05, 3.63) is 24.3 Å². The summed E-state index contributed by atoms with van der Waals surface area (Å²) in [5.41, 5.74) is -3.24. The van der Waals surface area contributed by atoms with Crippen LogP contribution in [-0.2, 0) is 37.9 Å². The van der Waals surface area contributed by atoms with Crippen LogP contribution in [0.15, 0.2) is 24.3 Å². The van der Waals surface area contributed by atoms with Gasteiger partial charge < -0.3 is 48.5 Å². The number of alkyl carbamates (subject to hydrolysis) is 2. The molecule has 6 unspecified atom stereocenters. The molecule has 0 bridgehead atoms. The highest BCUT2D eigenvalue weighted by molar-refractivity contribution is 5.69. The molecule has 0 fully saturated rings. The monoisotopic (exact) mass is 811 g/mol. The van der Waals surface area contributed by atoms with Crippen LogP contribution in [0.25, 0.3) is 0 Å². The second-order valence-corrected chi connectivity index (χ2v) is 19.7. The third kappa shape index (κ3) is 22.9. The minimum atomic E-state index is -0.948. The Morgan fingerprint density at radius 1 is 0.544 bits per heavy atom. The zero-order valence-corrected chi connectivity index (χ0v) is 37.4. The van der Waals surface area contributed by atoms with E-state index < -0.39 is 76.9 Å². The summed E-state index contributed by atoms with van der Waals surface area (Å²) in [7, 11) is 0. The molecule has 14 nitrogen and oxygen atoms in total. The minimum absolute atomic E-state index is 0.0787. The van der Waals surface area contributed by atoms with Gasteiger partial charge in [-0.25, -0.2) is 19.2 Å². The fourth-order valence-electron chi connectivity index (χ4n) is 6.23. The van der Waals surface area contributed by atoms with Crippen LogP contribution in [0.4, 0.5) is 19.2 Å². The van der Waals surface area contributed by atoms with Gasteiger partial charge in [-0.1, -0.05) is 0 Å². The van der Waals surface area contributed by atoms with Crippen molar-refractivity contribution in [3.63, 3.8) is 0 Å². The van der Waals surface area contributed by atoms with Gasteiger partial charge in [-0.2, -0.15) is 0 Å². The molecule has 2 N–H and O–H groups in total. The van der Waals surface area contributed by atoms with E-state index in [1.54, 1.807) is 58.9 Å². The summed E-state index contributed by atoms with van der Waals surface area (Å²) in [5.74, 6) is 0. The molecule has 0 saturated heterocycles. The van der Waals surface area contributed by atoms with Gasteiger partial charge in [-0.05, 0) is 167 Å². The maximum Gasteiger partial charge on any atom is 0.509 e. The van der Waals surface area contributed by atoms with Crippen molar-refractivity contribution in [1.82, 2.24) is 10.6 Å². The molecule has 57 heavy (non-hydrogen) atoms. The van der Waals surface area contributed by atoms with Gasteiger partial charge in [-0.3, -0.25) is 0 Å². The van der Waals surface area contributed by atoms with E-state index >= 15 is 0 Å². The highest BCUT2D eigenvalue weighted by Crippen LogP contribution is 2.28. The van der Waals surface area contributed by atoms with Gasteiger partial charge in [-0.15, -0.1) is 0 Å². The predicted molar refractivity (Wildman–Crippen MR) is 217 cm³/mol. The molecule has 0 aromatic rings. The molecule has 0 saturated carbocycles. The Balaban J connectivity index is 2.02. The second kappa shape index (κ2) is 20.9. The third-order valence-electron chi connectivity index (χ3n) is 8.62. The summed E-state index contributed by atoms with van der Waals surface area (Å²) in [6.07, 6.45) is 5.12. The molecule has 0 spiro atoms. The first-order chi connectivity index (χ1) is 26.0. The lowest BCUT2D eigenvalue weighted by Gasteiger charge is -2.33. The molecule has 14 heteroatoms. The molecule has 0 aromatic carbocycles. The van der Waals surface area contributed by atoms with Crippen LogP contribution in [0.2, 0.25) is 0 Å². The highest BCUT2D eigenvalue weighted by Gasteiger charge is 2.34. The number of amides is 2. The molecule has 0 aromatic heterocycles. The van der Waals surface area contributed by atoms with Gasteiger partial charge in [0.1, 0.15) is 35.6 Å². The van der Waals surface area contributed by atoms with E-state index in [4.69, 9.17) is 37.9 Å². The van der Waals surface area contributed by atoms with E-state index in [2.05, 4.69) is 10.6 Å². The van der Waals surface area contributed by atoms with Crippen molar-refractivity contribution in [2.45, 2.75) is 226 Å². The first-order valence-electron chi connectivity index (χ1n) is 20.4. The minimum Gasteiger partial charge on any atom is -0.442 e. The van der Waals surface area contributed by atoms with Crippen molar-refractivity contribution in [3.8, 4) is 0 Å². The van der Waals surface area contributed by atoms with E-state index in [1.165, 1.54) is 0 Å². The number of ether oxygens (including phenoxy) is 8. The number of hydrogen-bond donors (Lipinski definition) is 2. The smallest absolute Gasteiger partial charge is 0.442 e. The maximum atomic E-state index is 13.2. The van der Waals surface area contributed by atoms with Crippen LogP contribution in [-0.4, -0.2) is 95.1 Å². The maximum absolute atomic E-state index is 13.2. The Morgan fingerprint density at radius 2 is 0.965 bits per heavy atom. The normalized spacial score (nSPS) is 25.0. The SMILES string of the molecule is CC(C)NC(=O)OC1/C=C/C(OC(=O)NC(C)(C)CCC(C)(C)OC(=O)OC2/C=C/C(OC(=O)OC(C)(C)C)CCC(OC(C)(C)C)C2)CCC(OC(C)(C)C)C1. The van der Waals surface area contributed by atoms with E-state index in [9.17, 15) is 19.2 Å². The zero-order valence-electron chi connectivity index (χ0n) is 37.4. The van der Waals surface area contributed by atoms with Gasteiger partial charge in [0, 0.05) is 24.4 Å². The van der Waals surface area contributed by atoms with Crippen LogP contribution >= 0.6 is 0 Å². The molecule has 0 radical (unpaired) electrons. The molecule has 2 amide bonds. The fourth-order valence-corrected chi connectivity index (χ4v) is 6.23. The standard InChI is InChI=1S/C43H74N2O12/c1-28(2)44-35(46)51-31-20-16-29(18-22-33(26-31)54-39(3,4)5)50-36(47)45-42(12,13)24-25-43(14,15)57-38(49)53-32-21-17-30(52-37(48)56-41(9,10)11)19-23-34(27-32)55-40(6,7)8/h16-17,20-21,28-34H,18-19,22-27H2,1-15H3,(H,44,46)(H,45,47)/b20-16+,21-17+. The first-order valence-corrected chi connectivity index (χ1v) is 20.4. The lowest BCUT2D eigenvalue weighted by molar-refractivity contribution is -0.0901. The third-order valence-corrected chi connectivity index (χ3v) is 8.62. The van der Waals surface area contributed by atoms with Crippen molar-refractivity contribution in [1.29, 1.82) is 0 Å². The van der Waals surface area contributed by atoms with Crippen LogP contribution in [0.3, 0.4) is 0 Å². The molecular formula is C43H74N2O12. The molecule has 2 rings (SSSR count). The molecule has 0 heterocycles. The Kier molecular flexibility index (Phi) is 18.2. The van der Waals surface area contributed by atoms with Gasteiger partial charge in [0.2, 0.25) is 0 Å². The van der Waals surface area contributed by atoms with Gasteiger partial charge in [0.15, 0.2) is 0 Å². The highest BCUT2D eigenvalue weighted by atomic mass is 16.7. The zero-order chi connectivity index (χ0) is 43.4. The lowest BCUT2D eigenvalue weighted by Crippen LogP contribution is -2.46. The quantitative estimate of drug-likeness (QED) is 0.109.